The molecule has 0 aliphatic carbocycles. The molecule has 1 aliphatic rings. The number of carbonyl (C=O) groups is 2. The highest BCUT2D eigenvalue weighted by molar-refractivity contribution is 6.02. The fourth-order valence-electron chi connectivity index (χ4n) is 3.33. The van der Waals surface area contributed by atoms with E-state index in [1.165, 1.54) is 0 Å². The molecule has 0 aromatic rings. The molecule has 0 spiro atoms. The van der Waals surface area contributed by atoms with Gasteiger partial charge < -0.3 is 15.0 Å². The molecule has 1 rings (SSSR count). The first-order valence-electron chi connectivity index (χ1n) is 8.11. The summed E-state index contributed by atoms with van der Waals surface area (Å²) in [5, 5.41) is 3.03. The molecule has 21 heavy (non-hydrogen) atoms. The number of methoxy groups -OCH3 is 1. The van der Waals surface area contributed by atoms with Gasteiger partial charge >= 0.3 is 0 Å². The predicted octanol–water partition coefficient (Wildman–Crippen LogP) is 2.10. The van der Waals surface area contributed by atoms with E-state index in [-0.39, 0.29) is 11.8 Å². The minimum absolute atomic E-state index is 0.00628. The molecule has 0 atom stereocenters. The van der Waals surface area contributed by atoms with Crippen molar-refractivity contribution in [1.82, 2.24) is 10.2 Å². The van der Waals surface area contributed by atoms with Crippen molar-refractivity contribution in [2.75, 3.05) is 20.3 Å². The van der Waals surface area contributed by atoms with Crippen LogP contribution in [0.1, 0.15) is 59.8 Å². The second-order valence-corrected chi connectivity index (χ2v) is 5.79. The van der Waals surface area contributed by atoms with Gasteiger partial charge in [-0.25, -0.2) is 0 Å². The first-order valence-corrected chi connectivity index (χ1v) is 8.11. The molecule has 1 fully saturated rings. The van der Waals surface area contributed by atoms with E-state index in [0.29, 0.717) is 38.8 Å². The third-order valence-corrected chi connectivity index (χ3v) is 5.05. The highest BCUT2D eigenvalue weighted by Gasteiger charge is 2.55. The highest BCUT2D eigenvalue weighted by Crippen LogP contribution is 2.35. The summed E-state index contributed by atoms with van der Waals surface area (Å²) in [5.41, 5.74) is -1.45. The standard InChI is InChI=1S/C16H30N2O3/c1-6-15(7-2)14(20)18(11-10-12-21-5)16(8-3,9-4)13(19)17-15/h6-12H2,1-5H3,(H,17,19). The molecule has 0 bridgehead atoms. The molecule has 122 valence electrons. The Kier molecular flexibility index (Phi) is 6.20. The van der Waals surface area contributed by atoms with Crippen LogP contribution >= 0.6 is 0 Å². The molecular weight excluding hydrogens is 268 g/mol. The van der Waals surface area contributed by atoms with E-state index in [0.717, 1.165) is 6.42 Å². The van der Waals surface area contributed by atoms with Gasteiger partial charge in [-0.2, -0.15) is 0 Å². The molecule has 0 radical (unpaired) electrons. The van der Waals surface area contributed by atoms with Crippen LogP contribution in [-0.2, 0) is 14.3 Å². The van der Waals surface area contributed by atoms with Gasteiger partial charge in [0.25, 0.3) is 0 Å². The number of nitrogens with one attached hydrogen (secondary N) is 1. The van der Waals surface area contributed by atoms with Crippen LogP contribution in [-0.4, -0.2) is 48.1 Å². The van der Waals surface area contributed by atoms with Crippen LogP contribution in [0.5, 0.6) is 0 Å². The van der Waals surface area contributed by atoms with Crippen molar-refractivity contribution in [3.63, 3.8) is 0 Å². The molecular formula is C16H30N2O3. The Hall–Kier alpha value is -1.10. The third-order valence-electron chi connectivity index (χ3n) is 5.05. The number of piperazine rings is 1. The summed E-state index contributed by atoms with van der Waals surface area (Å²) in [6, 6.07) is 0. The van der Waals surface area contributed by atoms with Crippen molar-refractivity contribution in [3.05, 3.63) is 0 Å². The zero-order chi connectivity index (χ0) is 16.1. The van der Waals surface area contributed by atoms with Gasteiger partial charge in [0.1, 0.15) is 11.1 Å². The topological polar surface area (TPSA) is 58.6 Å². The summed E-state index contributed by atoms with van der Waals surface area (Å²) in [6.45, 7) is 9.04. The van der Waals surface area contributed by atoms with Crippen molar-refractivity contribution in [3.8, 4) is 0 Å². The Bertz CT molecular complexity index is 374. The molecule has 1 saturated heterocycles. The lowest BCUT2D eigenvalue weighted by Gasteiger charge is -2.52. The van der Waals surface area contributed by atoms with Gasteiger partial charge in [0.05, 0.1) is 0 Å². The zero-order valence-corrected chi connectivity index (χ0v) is 14.1. The lowest BCUT2D eigenvalue weighted by molar-refractivity contribution is -0.164. The van der Waals surface area contributed by atoms with Gasteiger partial charge in [0, 0.05) is 20.3 Å². The van der Waals surface area contributed by atoms with E-state index in [2.05, 4.69) is 5.32 Å². The molecule has 5 nitrogen and oxygen atoms in total. The third kappa shape index (κ3) is 2.93. The fraction of sp³-hybridized carbons (Fsp3) is 0.875. The smallest absolute Gasteiger partial charge is 0.249 e. The summed E-state index contributed by atoms with van der Waals surface area (Å²) in [5.74, 6) is 0.0557. The number of nitrogens with zero attached hydrogens (tertiary/aromatic N) is 1. The average molecular weight is 298 g/mol. The fourth-order valence-corrected chi connectivity index (χ4v) is 3.33. The van der Waals surface area contributed by atoms with Crippen LogP contribution < -0.4 is 5.32 Å². The maximum Gasteiger partial charge on any atom is 0.249 e. The SMILES string of the molecule is CCC1(CC)NC(=O)C(CC)(CC)N(CCCOC)C1=O. The van der Waals surface area contributed by atoms with Crippen LogP contribution in [0.3, 0.4) is 0 Å². The van der Waals surface area contributed by atoms with Crippen LogP contribution in [0.2, 0.25) is 0 Å². The largest absolute Gasteiger partial charge is 0.385 e. The van der Waals surface area contributed by atoms with Crippen LogP contribution in [0.4, 0.5) is 0 Å². The van der Waals surface area contributed by atoms with Gasteiger partial charge in [-0.15, -0.1) is 0 Å². The number of amides is 2. The molecule has 2 amide bonds. The normalized spacial score (nSPS) is 20.5. The van der Waals surface area contributed by atoms with Crippen molar-refractivity contribution >= 4 is 11.8 Å². The van der Waals surface area contributed by atoms with E-state index in [9.17, 15) is 9.59 Å². The van der Waals surface area contributed by atoms with Crippen LogP contribution in [0.25, 0.3) is 0 Å². The summed E-state index contributed by atoms with van der Waals surface area (Å²) < 4.78 is 5.10. The van der Waals surface area contributed by atoms with Crippen molar-refractivity contribution in [2.24, 2.45) is 0 Å². The number of hydrogen-bond acceptors (Lipinski definition) is 3. The lowest BCUT2D eigenvalue weighted by Crippen LogP contribution is -2.75. The molecule has 0 saturated carbocycles. The summed E-state index contributed by atoms with van der Waals surface area (Å²) >= 11 is 0. The lowest BCUT2D eigenvalue weighted by atomic mass is 9.79. The summed E-state index contributed by atoms with van der Waals surface area (Å²) in [4.78, 5) is 27.6. The van der Waals surface area contributed by atoms with Crippen molar-refractivity contribution < 1.29 is 14.3 Å². The summed E-state index contributed by atoms with van der Waals surface area (Å²) in [7, 11) is 1.65. The number of ether oxygens (including phenoxy) is 1. The Morgan fingerprint density at radius 3 is 2.05 bits per heavy atom. The maximum atomic E-state index is 13.1. The minimum Gasteiger partial charge on any atom is -0.385 e. The highest BCUT2D eigenvalue weighted by atomic mass is 16.5. The van der Waals surface area contributed by atoms with E-state index >= 15 is 0 Å². The maximum absolute atomic E-state index is 13.1. The Labute approximate surface area is 128 Å². The van der Waals surface area contributed by atoms with Crippen molar-refractivity contribution in [2.45, 2.75) is 70.9 Å². The quantitative estimate of drug-likeness (QED) is 0.698. The van der Waals surface area contributed by atoms with Gasteiger partial charge in [-0.05, 0) is 32.1 Å². The molecule has 1 heterocycles. The van der Waals surface area contributed by atoms with Gasteiger partial charge in [-0.3, -0.25) is 9.59 Å². The Morgan fingerprint density at radius 1 is 1.05 bits per heavy atom. The molecule has 0 aromatic carbocycles. The average Bonchev–Trinajstić information content (AvgIpc) is 2.51. The second-order valence-electron chi connectivity index (χ2n) is 5.79. The van der Waals surface area contributed by atoms with E-state index in [1.807, 2.05) is 32.6 Å². The van der Waals surface area contributed by atoms with Gasteiger partial charge in [-0.1, -0.05) is 27.7 Å². The van der Waals surface area contributed by atoms with Gasteiger partial charge in [0.2, 0.25) is 11.8 Å². The van der Waals surface area contributed by atoms with Crippen LogP contribution in [0, 0.1) is 0 Å². The van der Waals surface area contributed by atoms with E-state index in [1.54, 1.807) is 7.11 Å². The van der Waals surface area contributed by atoms with Crippen LogP contribution in [0.15, 0.2) is 0 Å². The first-order chi connectivity index (χ1) is 9.97. The second kappa shape index (κ2) is 7.25. The number of carbonyl (C=O) groups excluding carboxylic acids is 2. The molecule has 1 N–H and O–H groups in total. The van der Waals surface area contributed by atoms with E-state index < -0.39 is 11.1 Å². The van der Waals surface area contributed by atoms with Crippen molar-refractivity contribution in [1.29, 1.82) is 0 Å². The first kappa shape index (κ1) is 18.0. The zero-order valence-electron chi connectivity index (χ0n) is 14.1. The molecule has 1 aliphatic heterocycles. The molecule has 5 heteroatoms. The number of rotatable bonds is 8. The Morgan fingerprint density at radius 2 is 1.62 bits per heavy atom. The Balaban J connectivity index is 3.17. The number of hydrogen-bond donors (Lipinski definition) is 1. The monoisotopic (exact) mass is 298 g/mol. The predicted molar refractivity (Wildman–Crippen MR) is 83.0 cm³/mol. The molecule has 0 aromatic heterocycles. The minimum atomic E-state index is -0.738. The van der Waals surface area contributed by atoms with Gasteiger partial charge in [0.15, 0.2) is 0 Å². The van der Waals surface area contributed by atoms with E-state index in [4.69, 9.17) is 4.74 Å². The molecule has 0 unspecified atom stereocenters. The summed E-state index contributed by atoms with van der Waals surface area (Å²) in [6.07, 6.45) is 3.27.